The third-order valence-corrected chi connectivity index (χ3v) is 3.46. The first-order chi connectivity index (χ1) is 8.19. The van der Waals surface area contributed by atoms with E-state index < -0.39 is 5.92 Å². The Labute approximate surface area is 106 Å². The molecule has 0 saturated carbocycles. The standard InChI is InChI=1S/C13H16N2OS/c1-10(17-2)9-15-13(16)12(8-14)11-6-4-3-5-7-11/h3-7,10,12H,9H2,1-2H3,(H,15,16). The summed E-state index contributed by atoms with van der Waals surface area (Å²) in [5.41, 5.74) is 0.740. The number of hydrogen-bond donors (Lipinski definition) is 1. The lowest BCUT2D eigenvalue weighted by Gasteiger charge is -2.13. The molecule has 0 fully saturated rings. The second kappa shape index (κ2) is 6.97. The zero-order valence-electron chi connectivity index (χ0n) is 10.0. The van der Waals surface area contributed by atoms with E-state index in [2.05, 4.69) is 5.32 Å². The minimum Gasteiger partial charge on any atom is -0.354 e. The van der Waals surface area contributed by atoms with E-state index in [1.54, 1.807) is 23.9 Å². The van der Waals surface area contributed by atoms with Crippen LogP contribution in [0.4, 0.5) is 0 Å². The fourth-order valence-electron chi connectivity index (χ4n) is 1.36. The zero-order valence-corrected chi connectivity index (χ0v) is 10.8. The SMILES string of the molecule is CSC(C)CNC(=O)C(C#N)c1ccccc1. The minimum atomic E-state index is -0.717. The first-order valence-corrected chi connectivity index (χ1v) is 6.73. The molecule has 2 atom stereocenters. The van der Waals surface area contributed by atoms with Gasteiger partial charge in [0, 0.05) is 11.8 Å². The van der Waals surface area contributed by atoms with Gasteiger partial charge in [-0.1, -0.05) is 37.3 Å². The third kappa shape index (κ3) is 4.12. The molecule has 90 valence electrons. The van der Waals surface area contributed by atoms with Gasteiger partial charge in [-0.05, 0) is 11.8 Å². The molecule has 0 heterocycles. The number of hydrogen-bond acceptors (Lipinski definition) is 3. The summed E-state index contributed by atoms with van der Waals surface area (Å²) in [6.07, 6.45) is 2.00. The van der Waals surface area contributed by atoms with Gasteiger partial charge < -0.3 is 5.32 Å². The van der Waals surface area contributed by atoms with E-state index in [-0.39, 0.29) is 5.91 Å². The smallest absolute Gasteiger partial charge is 0.241 e. The molecule has 0 bridgehead atoms. The van der Waals surface area contributed by atoms with Crippen LogP contribution in [0.25, 0.3) is 0 Å². The van der Waals surface area contributed by atoms with Crippen LogP contribution in [-0.4, -0.2) is 24.0 Å². The number of rotatable bonds is 5. The van der Waals surface area contributed by atoms with Gasteiger partial charge in [0.05, 0.1) is 6.07 Å². The van der Waals surface area contributed by atoms with Crippen molar-refractivity contribution in [3.05, 3.63) is 35.9 Å². The van der Waals surface area contributed by atoms with Gasteiger partial charge in [-0.2, -0.15) is 17.0 Å². The van der Waals surface area contributed by atoms with E-state index in [0.717, 1.165) is 5.56 Å². The summed E-state index contributed by atoms with van der Waals surface area (Å²) in [7, 11) is 0. The number of carbonyl (C=O) groups excluding carboxylic acids is 1. The van der Waals surface area contributed by atoms with Crippen LogP contribution >= 0.6 is 11.8 Å². The predicted octanol–water partition coefficient (Wildman–Crippen LogP) is 2.16. The maximum Gasteiger partial charge on any atom is 0.241 e. The van der Waals surface area contributed by atoms with Crippen molar-refractivity contribution < 1.29 is 4.79 Å². The highest BCUT2D eigenvalue weighted by Gasteiger charge is 2.19. The lowest BCUT2D eigenvalue weighted by molar-refractivity contribution is -0.121. The van der Waals surface area contributed by atoms with Gasteiger partial charge in [-0.15, -0.1) is 0 Å². The van der Waals surface area contributed by atoms with Gasteiger partial charge in [0.25, 0.3) is 0 Å². The van der Waals surface area contributed by atoms with Gasteiger partial charge in [0.2, 0.25) is 5.91 Å². The van der Waals surface area contributed by atoms with Crippen molar-refractivity contribution in [3.8, 4) is 6.07 Å². The molecule has 4 heteroatoms. The molecule has 0 aliphatic heterocycles. The molecular weight excluding hydrogens is 232 g/mol. The van der Waals surface area contributed by atoms with Crippen molar-refractivity contribution in [1.82, 2.24) is 5.32 Å². The number of carbonyl (C=O) groups is 1. The number of benzene rings is 1. The molecule has 0 saturated heterocycles. The Bertz CT molecular complexity index is 400. The Hall–Kier alpha value is -1.47. The fraction of sp³-hybridized carbons (Fsp3) is 0.385. The Morgan fingerprint density at radius 1 is 1.47 bits per heavy atom. The van der Waals surface area contributed by atoms with Gasteiger partial charge in [-0.3, -0.25) is 4.79 Å². The van der Waals surface area contributed by atoms with E-state index in [1.807, 2.05) is 37.4 Å². The second-order valence-corrected chi connectivity index (χ2v) is 5.04. The Morgan fingerprint density at radius 3 is 2.65 bits per heavy atom. The van der Waals surface area contributed by atoms with Gasteiger partial charge >= 0.3 is 0 Å². The third-order valence-electron chi connectivity index (χ3n) is 2.49. The number of nitriles is 1. The predicted molar refractivity (Wildman–Crippen MR) is 70.8 cm³/mol. The van der Waals surface area contributed by atoms with Crippen LogP contribution in [0.1, 0.15) is 18.4 Å². The molecular formula is C13H16N2OS. The van der Waals surface area contributed by atoms with Crippen LogP contribution in [0.15, 0.2) is 30.3 Å². The van der Waals surface area contributed by atoms with Gasteiger partial charge in [0.15, 0.2) is 0 Å². The molecule has 0 aliphatic rings. The highest BCUT2D eigenvalue weighted by molar-refractivity contribution is 7.99. The molecule has 17 heavy (non-hydrogen) atoms. The number of thioether (sulfide) groups is 1. The molecule has 3 nitrogen and oxygen atoms in total. The summed E-state index contributed by atoms with van der Waals surface area (Å²) >= 11 is 1.68. The van der Waals surface area contributed by atoms with Crippen LogP contribution in [0.3, 0.4) is 0 Å². The lowest BCUT2D eigenvalue weighted by Crippen LogP contribution is -2.33. The van der Waals surface area contributed by atoms with E-state index in [1.165, 1.54) is 0 Å². The highest BCUT2D eigenvalue weighted by Crippen LogP contribution is 2.14. The number of nitrogens with zero attached hydrogens (tertiary/aromatic N) is 1. The minimum absolute atomic E-state index is 0.223. The Morgan fingerprint density at radius 2 is 2.12 bits per heavy atom. The van der Waals surface area contributed by atoms with Crippen LogP contribution in [0.5, 0.6) is 0 Å². The largest absolute Gasteiger partial charge is 0.354 e. The fourth-order valence-corrected chi connectivity index (χ4v) is 1.61. The maximum atomic E-state index is 11.9. The van der Waals surface area contributed by atoms with Crippen LogP contribution in [0.2, 0.25) is 0 Å². The van der Waals surface area contributed by atoms with Crippen molar-refractivity contribution in [2.45, 2.75) is 18.1 Å². The first kappa shape index (κ1) is 13.6. The van der Waals surface area contributed by atoms with Crippen LogP contribution in [0, 0.1) is 11.3 Å². The molecule has 1 aromatic carbocycles. The zero-order chi connectivity index (χ0) is 12.7. The lowest BCUT2D eigenvalue weighted by atomic mass is 10.00. The summed E-state index contributed by atoms with van der Waals surface area (Å²) in [6, 6.07) is 11.2. The van der Waals surface area contributed by atoms with E-state index >= 15 is 0 Å². The summed E-state index contributed by atoms with van der Waals surface area (Å²) in [6.45, 7) is 2.62. The summed E-state index contributed by atoms with van der Waals surface area (Å²) in [5.74, 6) is -0.940. The maximum absolute atomic E-state index is 11.9. The molecule has 1 amide bonds. The molecule has 0 spiro atoms. The highest BCUT2D eigenvalue weighted by atomic mass is 32.2. The normalized spacial score (nSPS) is 13.5. The summed E-state index contributed by atoms with van der Waals surface area (Å²) < 4.78 is 0. The van der Waals surface area contributed by atoms with Crippen molar-refractivity contribution in [2.75, 3.05) is 12.8 Å². The Kier molecular flexibility index (Phi) is 5.58. The van der Waals surface area contributed by atoms with Crippen molar-refractivity contribution in [1.29, 1.82) is 5.26 Å². The molecule has 1 N–H and O–H groups in total. The average Bonchev–Trinajstić information content (AvgIpc) is 2.38. The monoisotopic (exact) mass is 248 g/mol. The molecule has 0 radical (unpaired) electrons. The topological polar surface area (TPSA) is 52.9 Å². The quantitative estimate of drug-likeness (QED) is 0.868. The van der Waals surface area contributed by atoms with Crippen molar-refractivity contribution >= 4 is 17.7 Å². The number of amides is 1. The number of nitrogens with one attached hydrogen (secondary N) is 1. The molecule has 1 aromatic rings. The van der Waals surface area contributed by atoms with Crippen molar-refractivity contribution in [3.63, 3.8) is 0 Å². The first-order valence-electron chi connectivity index (χ1n) is 5.44. The van der Waals surface area contributed by atoms with Gasteiger partial charge in [0.1, 0.15) is 5.92 Å². The Balaban J connectivity index is 2.63. The van der Waals surface area contributed by atoms with E-state index in [4.69, 9.17) is 5.26 Å². The van der Waals surface area contributed by atoms with Crippen LogP contribution < -0.4 is 5.32 Å². The van der Waals surface area contributed by atoms with Crippen molar-refractivity contribution in [2.24, 2.45) is 0 Å². The van der Waals surface area contributed by atoms with E-state index in [9.17, 15) is 4.79 Å². The molecule has 1 rings (SSSR count). The van der Waals surface area contributed by atoms with Gasteiger partial charge in [-0.25, -0.2) is 0 Å². The second-order valence-electron chi connectivity index (χ2n) is 3.76. The molecule has 0 aliphatic carbocycles. The summed E-state index contributed by atoms with van der Waals surface area (Å²) in [5, 5.41) is 12.2. The summed E-state index contributed by atoms with van der Waals surface area (Å²) in [4.78, 5) is 11.9. The average molecular weight is 248 g/mol. The molecule has 0 aromatic heterocycles. The molecule has 2 unspecified atom stereocenters. The van der Waals surface area contributed by atoms with Crippen LogP contribution in [-0.2, 0) is 4.79 Å². The van der Waals surface area contributed by atoms with E-state index in [0.29, 0.717) is 11.8 Å².